The first-order valence-electron chi connectivity index (χ1n) is 6.26. The summed E-state index contributed by atoms with van der Waals surface area (Å²) in [5.41, 5.74) is 4.96. The zero-order valence-electron chi connectivity index (χ0n) is 11.4. The van der Waals surface area contributed by atoms with Gasteiger partial charge in [0.2, 0.25) is 0 Å². The zero-order chi connectivity index (χ0) is 13.8. The number of urea groups is 1. The molecule has 2 N–H and O–H groups in total. The minimum Gasteiger partial charge on any atom is -0.308 e. The van der Waals surface area contributed by atoms with E-state index in [1.165, 1.54) is 5.56 Å². The topological polar surface area (TPSA) is 41.1 Å². The second-order valence-electron chi connectivity index (χ2n) is 4.76. The highest BCUT2D eigenvalue weighted by molar-refractivity contribution is 6.00. The molecule has 2 amide bonds. The molecule has 2 rings (SSSR count). The Morgan fingerprint density at radius 2 is 1.47 bits per heavy atom. The van der Waals surface area contributed by atoms with Crippen molar-refractivity contribution in [2.75, 3.05) is 10.6 Å². The highest BCUT2D eigenvalue weighted by atomic mass is 16.2. The Bertz CT molecular complexity index is 588. The Balaban J connectivity index is 2.05. The number of carbonyl (C=O) groups is 1. The van der Waals surface area contributed by atoms with Crippen LogP contribution in [-0.2, 0) is 0 Å². The number of hydrogen-bond donors (Lipinski definition) is 2. The largest absolute Gasteiger partial charge is 0.323 e. The molecule has 0 unspecified atom stereocenters. The van der Waals surface area contributed by atoms with Gasteiger partial charge in [-0.1, -0.05) is 29.8 Å². The van der Waals surface area contributed by atoms with E-state index in [2.05, 4.69) is 10.6 Å². The Hall–Kier alpha value is -2.29. The summed E-state index contributed by atoms with van der Waals surface area (Å²) in [6.07, 6.45) is 0. The van der Waals surface area contributed by atoms with Crippen molar-refractivity contribution < 1.29 is 4.79 Å². The molecule has 0 atom stereocenters. The van der Waals surface area contributed by atoms with E-state index < -0.39 is 0 Å². The molecule has 2 aromatic carbocycles. The fourth-order valence-electron chi connectivity index (χ4n) is 1.79. The molecule has 0 spiro atoms. The molecule has 0 radical (unpaired) electrons. The highest BCUT2D eigenvalue weighted by Crippen LogP contribution is 2.17. The number of benzene rings is 2. The number of rotatable bonds is 2. The first-order chi connectivity index (χ1) is 9.04. The first-order valence-corrected chi connectivity index (χ1v) is 6.26. The second-order valence-corrected chi connectivity index (χ2v) is 4.76. The van der Waals surface area contributed by atoms with Gasteiger partial charge in [0.25, 0.3) is 0 Å². The molecule has 0 aliphatic carbocycles. The number of nitrogens with one attached hydrogen (secondary N) is 2. The lowest BCUT2D eigenvalue weighted by atomic mass is 10.1. The van der Waals surface area contributed by atoms with Crippen LogP contribution in [0.25, 0.3) is 0 Å². The van der Waals surface area contributed by atoms with E-state index in [9.17, 15) is 4.79 Å². The van der Waals surface area contributed by atoms with Crippen molar-refractivity contribution in [3.05, 3.63) is 59.2 Å². The van der Waals surface area contributed by atoms with Crippen molar-refractivity contribution in [3.63, 3.8) is 0 Å². The van der Waals surface area contributed by atoms with Crippen LogP contribution >= 0.6 is 0 Å². The quantitative estimate of drug-likeness (QED) is 0.826. The van der Waals surface area contributed by atoms with E-state index in [0.29, 0.717) is 0 Å². The van der Waals surface area contributed by atoms with Crippen LogP contribution in [-0.4, -0.2) is 6.03 Å². The molecule has 19 heavy (non-hydrogen) atoms. The van der Waals surface area contributed by atoms with Crippen molar-refractivity contribution in [2.45, 2.75) is 20.8 Å². The van der Waals surface area contributed by atoms with Gasteiger partial charge in [0.05, 0.1) is 0 Å². The van der Waals surface area contributed by atoms with Gasteiger partial charge < -0.3 is 10.6 Å². The van der Waals surface area contributed by atoms with Crippen molar-refractivity contribution >= 4 is 17.4 Å². The molecule has 0 heterocycles. The molecule has 0 aliphatic heterocycles. The van der Waals surface area contributed by atoms with Crippen LogP contribution in [0.15, 0.2) is 42.5 Å². The predicted octanol–water partition coefficient (Wildman–Crippen LogP) is 4.26. The molecule has 98 valence electrons. The van der Waals surface area contributed by atoms with E-state index in [4.69, 9.17) is 0 Å². The van der Waals surface area contributed by atoms with Gasteiger partial charge in [-0.25, -0.2) is 4.79 Å². The van der Waals surface area contributed by atoms with E-state index in [0.717, 1.165) is 22.5 Å². The van der Waals surface area contributed by atoms with Crippen LogP contribution in [0.3, 0.4) is 0 Å². The maximum absolute atomic E-state index is 11.9. The Labute approximate surface area is 113 Å². The molecule has 0 aromatic heterocycles. The van der Waals surface area contributed by atoms with Crippen LogP contribution < -0.4 is 10.6 Å². The Morgan fingerprint density at radius 1 is 0.842 bits per heavy atom. The third-order valence-electron chi connectivity index (χ3n) is 2.95. The fraction of sp³-hybridized carbons (Fsp3) is 0.188. The molecular weight excluding hydrogens is 236 g/mol. The zero-order valence-corrected chi connectivity index (χ0v) is 11.4. The summed E-state index contributed by atoms with van der Waals surface area (Å²) in [7, 11) is 0. The molecule has 3 heteroatoms. The van der Waals surface area contributed by atoms with Crippen molar-refractivity contribution in [1.82, 2.24) is 0 Å². The lowest BCUT2D eigenvalue weighted by molar-refractivity contribution is 0.262. The number of carbonyl (C=O) groups excluding carboxylic acids is 1. The van der Waals surface area contributed by atoms with E-state index in [1.807, 2.05) is 63.2 Å². The molecule has 0 saturated carbocycles. The molecule has 0 bridgehead atoms. The van der Waals surface area contributed by atoms with Gasteiger partial charge in [-0.3, -0.25) is 0 Å². The number of hydrogen-bond acceptors (Lipinski definition) is 1. The van der Waals surface area contributed by atoms with E-state index >= 15 is 0 Å². The monoisotopic (exact) mass is 254 g/mol. The Morgan fingerprint density at radius 3 is 2.16 bits per heavy atom. The van der Waals surface area contributed by atoms with Crippen LogP contribution in [0.2, 0.25) is 0 Å². The number of anilines is 2. The van der Waals surface area contributed by atoms with Gasteiger partial charge in [-0.05, 0) is 50.1 Å². The molecule has 0 aliphatic rings. The third-order valence-corrected chi connectivity index (χ3v) is 2.95. The lowest BCUT2D eigenvalue weighted by Gasteiger charge is -2.10. The molecule has 0 fully saturated rings. The number of aryl methyl sites for hydroxylation is 3. The van der Waals surface area contributed by atoms with Crippen molar-refractivity contribution in [1.29, 1.82) is 0 Å². The standard InChI is InChI=1S/C16H18N2O/c1-11-5-8-14(9-6-11)17-16(19)18-15-10-12(2)4-7-13(15)3/h4-10H,1-3H3,(H2,17,18,19). The summed E-state index contributed by atoms with van der Waals surface area (Å²) in [6, 6.07) is 13.5. The highest BCUT2D eigenvalue weighted by Gasteiger charge is 2.05. The summed E-state index contributed by atoms with van der Waals surface area (Å²) in [5, 5.41) is 5.68. The smallest absolute Gasteiger partial charge is 0.308 e. The SMILES string of the molecule is Cc1ccc(NC(=O)Nc2cc(C)ccc2C)cc1. The van der Waals surface area contributed by atoms with Crippen LogP contribution in [0.4, 0.5) is 16.2 Å². The molecule has 0 saturated heterocycles. The summed E-state index contributed by atoms with van der Waals surface area (Å²) in [6.45, 7) is 5.99. The minimum atomic E-state index is -0.224. The van der Waals surface area contributed by atoms with Gasteiger partial charge in [-0.15, -0.1) is 0 Å². The summed E-state index contributed by atoms with van der Waals surface area (Å²) in [4.78, 5) is 11.9. The second kappa shape index (κ2) is 5.57. The van der Waals surface area contributed by atoms with Gasteiger partial charge in [0.15, 0.2) is 0 Å². The fourth-order valence-corrected chi connectivity index (χ4v) is 1.79. The average molecular weight is 254 g/mol. The van der Waals surface area contributed by atoms with Gasteiger partial charge in [-0.2, -0.15) is 0 Å². The van der Waals surface area contributed by atoms with Gasteiger partial charge in [0.1, 0.15) is 0 Å². The van der Waals surface area contributed by atoms with E-state index in [-0.39, 0.29) is 6.03 Å². The first kappa shape index (κ1) is 13.1. The van der Waals surface area contributed by atoms with Crippen LogP contribution in [0.5, 0.6) is 0 Å². The number of amides is 2. The molecular formula is C16H18N2O. The molecule has 2 aromatic rings. The predicted molar refractivity (Wildman–Crippen MR) is 79.7 cm³/mol. The van der Waals surface area contributed by atoms with Crippen LogP contribution in [0.1, 0.15) is 16.7 Å². The lowest BCUT2D eigenvalue weighted by Crippen LogP contribution is -2.20. The summed E-state index contributed by atoms with van der Waals surface area (Å²) < 4.78 is 0. The normalized spacial score (nSPS) is 10.1. The molecule has 3 nitrogen and oxygen atoms in total. The maximum atomic E-state index is 11.9. The van der Waals surface area contributed by atoms with Crippen LogP contribution in [0, 0.1) is 20.8 Å². The Kier molecular flexibility index (Phi) is 3.85. The maximum Gasteiger partial charge on any atom is 0.323 e. The summed E-state index contributed by atoms with van der Waals surface area (Å²) in [5.74, 6) is 0. The van der Waals surface area contributed by atoms with Gasteiger partial charge >= 0.3 is 6.03 Å². The third kappa shape index (κ3) is 3.58. The van der Waals surface area contributed by atoms with Crippen molar-refractivity contribution in [3.8, 4) is 0 Å². The van der Waals surface area contributed by atoms with Gasteiger partial charge in [0, 0.05) is 11.4 Å². The summed E-state index contributed by atoms with van der Waals surface area (Å²) >= 11 is 0. The average Bonchev–Trinajstić information content (AvgIpc) is 2.37. The minimum absolute atomic E-state index is 0.224. The van der Waals surface area contributed by atoms with Crippen molar-refractivity contribution in [2.24, 2.45) is 0 Å². The van der Waals surface area contributed by atoms with E-state index in [1.54, 1.807) is 0 Å².